The average Bonchev–Trinajstić information content (AvgIpc) is 3.00. The summed E-state index contributed by atoms with van der Waals surface area (Å²) in [6.45, 7) is 4.86. The van der Waals surface area contributed by atoms with E-state index in [9.17, 15) is 4.79 Å². The van der Waals surface area contributed by atoms with Crippen LogP contribution in [0, 0.1) is 6.92 Å². The van der Waals surface area contributed by atoms with E-state index in [-0.39, 0.29) is 5.78 Å². The molecule has 0 aromatic heterocycles. The van der Waals surface area contributed by atoms with Crippen LogP contribution in [-0.4, -0.2) is 23.8 Å². The molecule has 1 heterocycles. The standard InChI is InChI=1S/C19H19NO/c1-15-7-2-3-10-18(15)19(21)17-9-6-8-16(13-17)14-20-11-4-5-12-20/h2-10,13H,11-12,14H2,1H3. The van der Waals surface area contributed by atoms with E-state index >= 15 is 0 Å². The monoisotopic (exact) mass is 277 g/mol. The van der Waals surface area contributed by atoms with Gasteiger partial charge in [0.05, 0.1) is 0 Å². The molecule has 0 unspecified atom stereocenters. The van der Waals surface area contributed by atoms with Gasteiger partial charge in [0.2, 0.25) is 0 Å². The highest BCUT2D eigenvalue weighted by molar-refractivity contribution is 6.09. The SMILES string of the molecule is Cc1ccccc1C(=O)c1cccc(CN2CC=CC2)c1. The molecule has 1 aliphatic rings. The van der Waals surface area contributed by atoms with Gasteiger partial charge in [0.25, 0.3) is 0 Å². The molecule has 21 heavy (non-hydrogen) atoms. The summed E-state index contributed by atoms with van der Waals surface area (Å²) in [4.78, 5) is 15.0. The average molecular weight is 277 g/mol. The summed E-state index contributed by atoms with van der Waals surface area (Å²) in [6, 6.07) is 15.7. The normalized spacial score (nSPS) is 14.5. The lowest BCUT2D eigenvalue weighted by molar-refractivity contribution is 0.103. The first kappa shape index (κ1) is 13.8. The lowest BCUT2D eigenvalue weighted by atomic mass is 9.98. The van der Waals surface area contributed by atoms with Crippen LogP contribution in [0.15, 0.2) is 60.7 Å². The lowest BCUT2D eigenvalue weighted by Gasteiger charge is -2.15. The predicted molar refractivity (Wildman–Crippen MR) is 85.5 cm³/mol. The summed E-state index contributed by atoms with van der Waals surface area (Å²) in [5, 5.41) is 0. The number of rotatable bonds is 4. The van der Waals surface area contributed by atoms with Crippen molar-refractivity contribution >= 4 is 5.78 Å². The van der Waals surface area contributed by atoms with Gasteiger partial charge in [-0.15, -0.1) is 0 Å². The van der Waals surface area contributed by atoms with Crippen molar-refractivity contribution in [3.05, 3.63) is 82.9 Å². The minimum Gasteiger partial charge on any atom is -0.292 e. The Bertz CT molecular complexity index is 679. The maximum Gasteiger partial charge on any atom is 0.193 e. The van der Waals surface area contributed by atoms with Crippen LogP contribution in [0.4, 0.5) is 0 Å². The van der Waals surface area contributed by atoms with Gasteiger partial charge in [0, 0.05) is 30.8 Å². The van der Waals surface area contributed by atoms with Gasteiger partial charge < -0.3 is 0 Å². The van der Waals surface area contributed by atoms with Gasteiger partial charge >= 0.3 is 0 Å². The van der Waals surface area contributed by atoms with Crippen molar-refractivity contribution < 1.29 is 4.79 Å². The number of hydrogen-bond donors (Lipinski definition) is 0. The molecule has 0 N–H and O–H groups in total. The van der Waals surface area contributed by atoms with Crippen LogP contribution >= 0.6 is 0 Å². The number of aryl methyl sites for hydroxylation is 1. The van der Waals surface area contributed by atoms with E-state index in [1.54, 1.807) is 0 Å². The Labute approximate surface area is 125 Å². The number of benzene rings is 2. The third-order valence-corrected chi connectivity index (χ3v) is 3.88. The van der Waals surface area contributed by atoms with Gasteiger partial charge in [0.1, 0.15) is 0 Å². The van der Waals surface area contributed by atoms with Crippen molar-refractivity contribution in [2.45, 2.75) is 13.5 Å². The zero-order chi connectivity index (χ0) is 14.7. The first-order valence-electron chi connectivity index (χ1n) is 7.30. The molecule has 0 fully saturated rings. The molecule has 0 atom stereocenters. The van der Waals surface area contributed by atoms with Crippen molar-refractivity contribution in [2.24, 2.45) is 0 Å². The molecular formula is C19H19NO. The quantitative estimate of drug-likeness (QED) is 0.628. The van der Waals surface area contributed by atoms with Gasteiger partial charge in [-0.2, -0.15) is 0 Å². The first-order chi connectivity index (χ1) is 10.2. The zero-order valence-electron chi connectivity index (χ0n) is 12.3. The summed E-state index contributed by atoms with van der Waals surface area (Å²) < 4.78 is 0. The maximum absolute atomic E-state index is 12.6. The summed E-state index contributed by atoms with van der Waals surface area (Å²) >= 11 is 0. The van der Waals surface area contributed by atoms with Crippen LogP contribution in [-0.2, 0) is 6.54 Å². The Morgan fingerprint density at radius 1 is 1.05 bits per heavy atom. The van der Waals surface area contributed by atoms with Crippen molar-refractivity contribution in [2.75, 3.05) is 13.1 Å². The largest absolute Gasteiger partial charge is 0.292 e. The minimum absolute atomic E-state index is 0.106. The van der Waals surface area contributed by atoms with E-state index in [1.807, 2.05) is 49.4 Å². The molecule has 2 nitrogen and oxygen atoms in total. The molecule has 106 valence electrons. The molecular weight excluding hydrogens is 258 g/mol. The van der Waals surface area contributed by atoms with Crippen molar-refractivity contribution in [1.82, 2.24) is 4.90 Å². The number of hydrogen-bond acceptors (Lipinski definition) is 2. The highest BCUT2D eigenvalue weighted by atomic mass is 16.1. The molecule has 3 rings (SSSR count). The molecule has 0 radical (unpaired) electrons. The zero-order valence-corrected chi connectivity index (χ0v) is 12.3. The van der Waals surface area contributed by atoms with Gasteiger partial charge in [-0.1, -0.05) is 54.6 Å². The fourth-order valence-corrected chi connectivity index (χ4v) is 2.70. The number of nitrogens with zero attached hydrogens (tertiary/aromatic N) is 1. The Kier molecular flexibility index (Phi) is 3.98. The third-order valence-electron chi connectivity index (χ3n) is 3.88. The van der Waals surface area contributed by atoms with Crippen LogP contribution in [0.3, 0.4) is 0 Å². The van der Waals surface area contributed by atoms with Gasteiger partial charge in [0.15, 0.2) is 5.78 Å². The van der Waals surface area contributed by atoms with Crippen LogP contribution in [0.1, 0.15) is 27.0 Å². The van der Waals surface area contributed by atoms with Crippen molar-refractivity contribution in [3.8, 4) is 0 Å². The Morgan fingerprint density at radius 3 is 2.57 bits per heavy atom. The predicted octanol–water partition coefficient (Wildman–Crippen LogP) is 3.60. The first-order valence-corrected chi connectivity index (χ1v) is 7.30. The second kappa shape index (κ2) is 6.06. The van der Waals surface area contributed by atoms with Crippen LogP contribution < -0.4 is 0 Å². The molecule has 2 aromatic carbocycles. The molecule has 0 saturated carbocycles. The number of ketones is 1. The maximum atomic E-state index is 12.6. The number of carbonyl (C=O) groups is 1. The Hall–Kier alpha value is -2.19. The Morgan fingerprint density at radius 2 is 1.81 bits per heavy atom. The van der Waals surface area contributed by atoms with Crippen LogP contribution in [0.2, 0.25) is 0 Å². The van der Waals surface area contributed by atoms with E-state index in [2.05, 4.69) is 23.1 Å². The summed E-state index contributed by atoms with van der Waals surface area (Å²) in [5.74, 6) is 0.106. The van der Waals surface area contributed by atoms with Crippen LogP contribution in [0.5, 0.6) is 0 Å². The van der Waals surface area contributed by atoms with E-state index in [4.69, 9.17) is 0 Å². The van der Waals surface area contributed by atoms with Crippen molar-refractivity contribution in [1.29, 1.82) is 0 Å². The van der Waals surface area contributed by atoms with E-state index < -0.39 is 0 Å². The molecule has 0 saturated heterocycles. The summed E-state index contributed by atoms with van der Waals surface area (Å²) in [5.41, 5.74) is 3.78. The highest BCUT2D eigenvalue weighted by Crippen LogP contribution is 2.16. The lowest BCUT2D eigenvalue weighted by Crippen LogP contribution is -2.19. The van der Waals surface area contributed by atoms with Gasteiger partial charge in [-0.25, -0.2) is 0 Å². The molecule has 0 amide bonds. The highest BCUT2D eigenvalue weighted by Gasteiger charge is 2.13. The van der Waals surface area contributed by atoms with Crippen molar-refractivity contribution in [3.63, 3.8) is 0 Å². The Balaban J connectivity index is 1.82. The van der Waals surface area contributed by atoms with Gasteiger partial charge in [-0.3, -0.25) is 9.69 Å². The fraction of sp³-hybridized carbons (Fsp3) is 0.211. The third kappa shape index (κ3) is 3.11. The molecule has 2 heteroatoms. The molecule has 2 aromatic rings. The van der Waals surface area contributed by atoms with E-state index in [0.29, 0.717) is 0 Å². The summed E-state index contributed by atoms with van der Waals surface area (Å²) in [6.07, 6.45) is 4.37. The second-order valence-corrected chi connectivity index (χ2v) is 5.51. The van der Waals surface area contributed by atoms with E-state index in [1.165, 1.54) is 5.56 Å². The van der Waals surface area contributed by atoms with E-state index in [0.717, 1.165) is 36.3 Å². The molecule has 1 aliphatic heterocycles. The second-order valence-electron chi connectivity index (χ2n) is 5.51. The smallest absolute Gasteiger partial charge is 0.193 e. The summed E-state index contributed by atoms with van der Waals surface area (Å²) in [7, 11) is 0. The topological polar surface area (TPSA) is 20.3 Å². The molecule has 0 spiro atoms. The van der Waals surface area contributed by atoms with Gasteiger partial charge in [-0.05, 0) is 24.1 Å². The molecule has 0 bridgehead atoms. The van der Waals surface area contributed by atoms with Crippen LogP contribution in [0.25, 0.3) is 0 Å². The fourth-order valence-electron chi connectivity index (χ4n) is 2.70. The number of carbonyl (C=O) groups excluding carboxylic acids is 1. The molecule has 0 aliphatic carbocycles. The minimum atomic E-state index is 0.106.